The monoisotopic (exact) mass is 433 g/mol. The minimum atomic E-state index is -0.710. The highest BCUT2D eigenvalue weighted by atomic mass is 32.2. The van der Waals surface area contributed by atoms with Crippen molar-refractivity contribution in [1.82, 2.24) is 10.3 Å². The van der Waals surface area contributed by atoms with Crippen molar-refractivity contribution >= 4 is 29.5 Å². The van der Waals surface area contributed by atoms with Crippen molar-refractivity contribution in [1.29, 1.82) is 0 Å². The molecule has 7 heteroatoms. The zero-order valence-electron chi connectivity index (χ0n) is 18.2. The van der Waals surface area contributed by atoms with Crippen LogP contribution in [-0.2, 0) is 4.79 Å². The first-order chi connectivity index (χ1) is 14.5. The Bertz CT molecular complexity index is 728. The van der Waals surface area contributed by atoms with Gasteiger partial charge in [-0.1, -0.05) is 33.1 Å². The van der Waals surface area contributed by atoms with Crippen LogP contribution in [0.4, 0.5) is 5.82 Å². The maximum atomic E-state index is 12.9. The number of carboxylic acids is 1. The minimum absolute atomic E-state index is 0.00598. The molecule has 2 fully saturated rings. The summed E-state index contributed by atoms with van der Waals surface area (Å²) in [7, 11) is 0. The molecule has 2 heterocycles. The number of carboxylic acid groups (broad SMARTS) is 1. The second kappa shape index (κ2) is 11.0. The molecule has 1 saturated carbocycles. The number of hydrogen-bond acceptors (Lipinski definition) is 5. The van der Waals surface area contributed by atoms with Crippen LogP contribution in [0.5, 0.6) is 0 Å². The number of pyridine rings is 1. The van der Waals surface area contributed by atoms with E-state index in [0.29, 0.717) is 5.56 Å². The largest absolute Gasteiger partial charge is 0.481 e. The quantitative estimate of drug-likeness (QED) is 0.584. The molecule has 30 heavy (non-hydrogen) atoms. The third kappa shape index (κ3) is 5.90. The number of nitrogens with zero attached hydrogens (tertiary/aromatic N) is 2. The van der Waals surface area contributed by atoms with Gasteiger partial charge < -0.3 is 15.3 Å². The van der Waals surface area contributed by atoms with Gasteiger partial charge >= 0.3 is 5.97 Å². The van der Waals surface area contributed by atoms with Crippen LogP contribution in [0.2, 0.25) is 0 Å². The van der Waals surface area contributed by atoms with Crippen LogP contribution < -0.4 is 10.2 Å². The number of carbonyl (C=O) groups excluding carboxylic acids is 1. The van der Waals surface area contributed by atoms with Gasteiger partial charge in [0.1, 0.15) is 10.8 Å². The Labute approximate surface area is 184 Å². The van der Waals surface area contributed by atoms with Crippen molar-refractivity contribution < 1.29 is 14.7 Å². The lowest BCUT2D eigenvalue weighted by Gasteiger charge is -2.34. The van der Waals surface area contributed by atoms with Crippen molar-refractivity contribution in [3.63, 3.8) is 0 Å². The third-order valence-electron chi connectivity index (χ3n) is 6.43. The first-order valence-corrected chi connectivity index (χ1v) is 12.4. The first kappa shape index (κ1) is 22.9. The van der Waals surface area contributed by atoms with Gasteiger partial charge in [-0.15, -0.1) is 11.8 Å². The second-order valence-electron chi connectivity index (χ2n) is 8.63. The van der Waals surface area contributed by atoms with Gasteiger partial charge in [-0.3, -0.25) is 9.59 Å². The van der Waals surface area contributed by atoms with Crippen LogP contribution >= 0.6 is 11.8 Å². The van der Waals surface area contributed by atoms with E-state index in [2.05, 4.69) is 17.1 Å². The lowest BCUT2D eigenvalue weighted by atomic mass is 9.85. The first-order valence-electron chi connectivity index (χ1n) is 11.4. The number of carbonyl (C=O) groups is 2. The van der Waals surface area contributed by atoms with Crippen LogP contribution in [0.1, 0.15) is 75.6 Å². The topological polar surface area (TPSA) is 82.5 Å². The summed E-state index contributed by atoms with van der Waals surface area (Å²) in [5.41, 5.74) is 0.678. The molecule has 0 radical (unpaired) electrons. The summed E-state index contributed by atoms with van der Waals surface area (Å²) in [6, 6.07) is 4.15. The summed E-state index contributed by atoms with van der Waals surface area (Å²) in [4.78, 5) is 31.3. The van der Waals surface area contributed by atoms with E-state index in [1.54, 1.807) is 18.7 Å². The molecule has 1 amide bonds. The number of piperidine rings is 1. The normalized spacial score (nSPS) is 19.5. The van der Waals surface area contributed by atoms with Gasteiger partial charge in [0, 0.05) is 19.1 Å². The average Bonchev–Trinajstić information content (AvgIpc) is 2.77. The predicted molar refractivity (Wildman–Crippen MR) is 121 cm³/mol. The Hall–Kier alpha value is -1.76. The summed E-state index contributed by atoms with van der Waals surface area (Å²) in [5, 5.41) is 13.3. The molecule has 1 aliphatic carbocycles. The summed E-state index contributed by atoms with van der Waals surface area (Å²) in [5.74, 6) is 1.02. The molecule has 1 saturated heterocycles. The Kier molecular flexibility index (Phi) is 8.42. The molecule has 1 unspecified atom stereocenters. The minimum Gasteiger partial charge on any atom is -0.481 e. The van der Waals surface area contributed by atoms with Crippen LogP contribution in [-0.4, -0.2) is 46.9 Å². The van der Waals surface area contributed by atoms with E-state index in [4.69, 9.17) is 4.98 Å². The molecule has 0 spiro atoms. The molecular weight excluding hydrogens is 398 g/mol. The zero-order chi connectivity index (χ0) is 21.5. The summed E-state index contributed by atoms with van der Waals surface area (Å²) >= 11 is 1.65. The van der Waals surface area contributed by atoms with E-state index in [1.807, 2.05) is 12.1 Å². The number of aromatic nitrogens is 1. The molecule has 1 aromatic rings. The van der Waals surface area contributed by atoms with Gasteiger partial charge in [0.2, 0.25) is 0 Å². The summed E-state index contributed by atoms with van der Waals surface area (Å²) < 4.78 is 0. The fourth-order valence-electron chi connectivity index (χ4n) is 4.43. The molecule has 6 nitrogen and oxygen atoms in total. The lowest BCUT2D eigenvalue weighted by Crippen LogP contribution is -2.38. The smallest absolute Gasteiger partial charge is 0.306 e. The van der Waals surface area contributed by atoms with Crippen molar-refractivity contribution in [2.45, 2.75) is 76.3 Å². The van der Waals surface area contributed by atoms with E-state index >= 15 is 0 Å². The number of aliphatic carboxylic acids is 1. The Morgan fingerprint density at radius 2 is 1.90 bits per heavy atom. The van der Waals surface area contributed by atoms with Crippen molar-refractivity contribution in [3.8, 4) is 0 Å². The lowest BCUT2D eigenvalue weighted by molar-refractivity contribution is -0.143. The summed E-state index contributed by atoms with van der Waals surface area (Å²) in [6.07, 6.45) is 8.52. The zero-order valence-corrected chi connectivity index (χ0v) is 19.0. The molecule has 1 atom stereocenters. The van der Waals surface area contributed by atoms with Crippen LogP contribution in [0.25, 0.3) is 0 Å². The van der Waals surface area contributed by atoms with Crippen molar-refractivity contribution in [3.05, 3.63) is 17.7 Å². The van der Waals surface area contributed by atoms with Gasteiger partial charge in [-0.25, -0.2) is 4.98 Å². The van der Waals surface area contributed by atoms with Crippen molar-refractivity contribution in [2.75, 3.05) is 23.7 Å². The molecule has 0 bridgehead atoms. The van der Waals surface area contributed by atoms with Gasteiger partial charge in [-0.2, -0.15) is 0 Å². The number of hydrogen-bond donors (Lipinski definition) is 2. The van der Waals surface area contributed by atoms with Gasteiger partial charge in [0.15, 0.2) is 0 Å². The summed E-state index contributed by atoms with van der Waals surface area (Å²) in [6.45, 7) is 5.55. The van der Waals surface area contributed by atoms with Gasteiger partial charge in [-0.05, 0) is 55.9 Å². The Morgan fingerprint density at radius 1 is 1.20 bits per heavy atom. The highest BCUT2D eigenvalue weighted by molar-refractivity contribution is 7.99. The standard InChI is InChI=1S/C23H35N3O3S/c1-3-15-30-22-19(21(27)24-18-7-5-4-6-8-18)9-10-20(25-22)26-13-11-17(12-14-26)16(2)23(28)29/h9-10,16-18H,3-8,11-15H2,1-2H3,(H,24,27)(H,28,29). The third-order valence-corrected chi connectivity index (χ3v) is 7.63. The number of thioether (sulfide) groups is 1. The molecule has 2 aliphatic rings. The number of amides is 1. The molecule has 1 aromatic heterocycles. The SMILES string of the molecule is CCCSc1nc(N2CCC(C(C)C(=O)O)CC2)ccc1C(=O)NC1CCCCC1. The fourth-order valence-corrected chi connectivity index (χ4v) is 5.30. The maximum Gasteiger partial charge on any atom is 0.306 e. The molecule has 166 valence electrons. The second-order valence-corrected chi connectivity index (χ2v) is 9.71. The molecule has 2 N–H and O–H groups in total. The molecule has 0 aromatic carbocycles. The fraction of sp³-hybridized carbons (Fsp3) is 0.696. The van der Waals surface area contributed by atoms with Crippen LogP contribution in [0.3, 0.4) is 0 Å². The number of nitrogens with one attached hydrogen (secondary N) is 1. The Balaban J connectivity index is 1.69. The molecule has 3 rings (SSSR count). The highest BCUT2D eigenvalue weighted by Gasteiger charge is 2.29. The predicted octanol–water partition coefficient (Wildman–Crippen LogP) is 4.58. The number of rotatable bonds is 8. The Morgan fingerprint density at radius 3 is 2.53 bits per heavy atom. The van der Waals surface area contributed by atoms with Crippen LogP contribution in [0.15, 0.2) is 17.2 Å². The van der Waals surface area contributed by atoms with Crippen molar-refractivity contribution in [2.24, 2.45) is 11.8 Å². The van der Waals surface area contributed by atoms with E-state index in [-0.39, 0.29) is 23.8 Å². The average molecular weight is 434 g/mol. The van der Waals surface area contributed by atoms with E-state index < -0.39 is 5.97 Å². The molecule has 1 aliphatic heterocycles. The van der Waals surface area contributed by atoms with E-state index in [0.717, 1.165) is 61.8 Å². The van der Waals surface area contributed by atoms with E-state index in [1.165, 1.54) is 19.3 Å². The van der Waals surface area contributed by atoms with Gasteiger partial charge in [0.05, 0.1) is 11.5 Å². The van der Waals surface area contributed by atoms with Crippen LogP contribution in [0, 0.1) is 11.8 Å². The van der Waals surface area contributed by atoms with Gasteiger partial charge in [0.25, 0.3) is 5.91 Å². The number of anilines is 1. The molecular formula is C23H35N3O3S. The van der Waals surface area contributed by atoms with E-state index in [9.17, 15) is 14.7 Å². The highest BCUT2D eigenvalue weighted by Crippen LogP contribution is 2.30. The maximum absolute atomic E-state index is 12.9.